The van der Waals surface area contributed by atoms with Gasteiger partial charge in [-0.25, -0.2) is 8.78 Å². The molecule has 1 aliphatic rings. The third-order valence-corrected chi connectivity index (χ3v) is 7.57. The van der Waals surface area contributed by atoms with Gasteiger partial charge in [-0.3, -0.25) is 0 Å². The number of fused-ring (bicyclic) bond motifs is 1. The molecule has 0 saturated carbocycles. The first-order chi connectivity index (χ1) is 17.7. The molecule has 0 aromatic heterocycles. The number of aryl methyl sites for hydroxylation is 3. The molecular weight excluding hydrogens is 462 g/mol. The SMILES string of the molecule is C=CC(CCc1cc(F)ccc1C)C(C)CC.C=NCC.CCC(C#N)C1CCc2cc(F)ccc2C1. The lowest BCUT2D eigenvalue weighted by Gasteiger charge is -2.27. The zero-order valence-electron chi connectivity index (χ0n) is 23.6. The number of benzene rings is 2. The van der Waals surface area contributed by atoms with E-state index in [1.807, 2.05) is 32.1 Å². The number of allylic oxidation sites excluding steroid dienone is 1. The summed E-state index contributed by atoms with van der Waals surface area (Å²) in [5.74, 6) is 1.50. The summed E-state index contributed by atoms with van der Waals surface area (Å²) in [6.07, 6.45) is 8.98. The van der Waals surface area contributed by atoms with Crippen LogP contribution in [0.15, 0.2) is 54.0 Å². The van der Waals surface area contributed by atoms with Crippen molar-refractivity contribution < 1.29 is 8.78 Å². The quantitative estimate of drug-likeness (QED) is 0.246. The molecule has 0 N–H and O–H groups in total. The Labute approximate surface area is 224 Å². The van der Waals surface area contributed by atoms with E-state index in [0.29, 0.717) is 17.8 Å². The Kier molecular flexibility index (Phi) is 15.3. The first kappa shape index (κ1) is 32.2. The van der Waals surface area contributed by atoms with Gasteiger partial charge in [-0.05, 0) is 123 Å². The number of aliphatic imine (C=N–C) groups is 1. The highest BCUT2D eigenvalue weighted by Crippen LogP contribution is 2.32. The molecule has 0 amide bonds. The Morgan fingerprint density at radius 3 is 2.30 bits per heavy atom. The lowest BCUT2D eigenvalue weighted by atomic mass is 9.76. The van der Waals surface area contributed by atoms with Crippen LogP contribution in [0, 0.1) is 53.6 Å². The predicted molar refractivity (Wildman–Crippen MR) is 154 cm³/mol. The van der Waals surface area contributed by atoms with Crippen LogP contribution < -0.4 is 0 Å². The Morgan fingerprint density at radius 2 is 1.73 bits per heavy atom. The van der Waals surface area contributed by atoms with Crippen molar-refractivity contribution in [2.75, 3.05) is 6.54 Å². The van der Waals surface area contributed by atoms with Gasteiger partial charge in [0, 0.05) is 12.5 Å². The van der Waals surface area contributed by atoms with Crippen LogP contribution in [0.1, 0.15) is 75.6 Å². The fourth-order valence-corrected chi connectivity index (χ4v) is 4.79. The van der Waals surface area contributed by atoms with E-state index in [4.69, 9.17) is 5.26 Å². The molecule has 0 heterocycles. The second kappa shape index (κ2) is 17.6. The van der Waals surface area contributed by atoms with Gasteiger partial charge in [-0.2, -0.15) is 5.26 Å². The van der Waals surface area contributed by atoms with Gasteiger partial charge in [-0.1, -0.05) is 45.4 Å². The topological polar surface area (TPSA) is 36.1 Å². The fraction of sp³-hybridized carbons (Fsp3) is 0.515. The van der Waals surface area contributed by atoms with Crippen LogP contribution in [0.25, 0.3) is 0 Å². The largest absolute Gasteiger partial charge is 0.301 e. The van der Waals surface area contributed by atoms with E-state index in [1.165, 1.54) is 29.7 Å². The summed E-state index contributed by atoms with van der Waals surface area (Å²) < 4.78 is 26.2. The minimum atomic E-state index is -0.149. The Bertz CT molecular complexity index is 1010. The first-order valence-electron chi connectivity index (χ1n) is 13.7. The maximum absolute atomic E-state index is 13.2. The van der Waals surface area contributed by atoms with Gasteiger partial charge in [0.2, 0.25) is 0 Å². The molecule has 202 valence electrons. The average Bonchev–Trinajstić information content (AvgIpc) is 2.91. The van der Waals surface area contributed by atoms with Crippen LogP contribution in [0.3, 0.4) is 0 Å². The molecule has 4 unspecified atom stereocenters. The highest BCUT2D eigenvalue weighted by Gasteiger charge is 2.25. The Balaban J connectivity index is 0.000000324. The summed E-state index contributed by atoms with van der Waals surface area (Å²) in [5, 5.41) is 9.06. The number of nitrogens with zero attached hydrogens (tertiary/aromatic N) is 2. The monoisotopic (exact) mass is 508 g/mol. The van der Waals surface area contributed by atoms with Crippen LogP contribution in [-0.2, 0) is 19.3 Å². The molecule has 0 radical (unpaired) electrons. The maximum Gasteiger partial charge on any atom is 0.123 e. The second-order valence-corrected chi connectivity index (χ2v) is 9.99. The van der Waals surface area contributed by atoms with Gasteiger partial charge in [0.1, 0.15) is 11.6 Å². The molecule has 2 aromatic rings. The average molecular weight is 509 g/mol. The van der Waals surface area contributed by atoms with Crippen LogP contribution in [0.5, 0.6) is 0 Å². The van der Waals surface area contributed by atoms with Crippen molar-refractivity contribution in [1.29, 1.82) is 5.26 Å². The van der Waals surface area contributed by atoms with E-state index in [9.17, 15) is 8.78 Å². The molecule has 0 bridgehead atoms. The van der Waals surface area contributed by atoms with Crippen molar-refractivity contribution in [3.05, 3.63) is 82.9 Å². The minimum absolute atomic E-state index is 0.135. The molecule has 0 fully saturated rings. The lowest BCUT2D eigenvalue weighted by Crippen LogP contribution is -2.21. The summed E-state index contributed by atoms with van der Waals surface area (Å²) in [4.78, 5) is 3.49. The molecular formula is C33H46F2N2. The van der Waals surface area contributed by atoms with E-state index in [0.717, 1.165) is 56.2 Å². The van der Waals surface area contributed by atoms with Crippen molar-refractivity contribution in [3.63, 3.8) is 0 Å². The summed E-state index contributed by atoms with van der Waals surface area (Å²) in [7, 11) is 0. The zero-order valence-corrected chi connectivity index (χ0v) is 23.6. The van der Waals surface area contributed by atoms with Gasteiger partial charge in [0.25, 0.3) is 0 Å². The highest BCUT2D eigenvalue weighted by molar-refractivity contribution is 5.31. The van der Waals surface area contributed by atoms with E-state index in [2.05, 4.69) is 45.1 Å². The molecule has 2 aromatic carbocycles. The van der Waals surface area contributed by atoms with Crippen molar-refractivity contribution in [1.82, 2.24) is 0 Å². The summed E-state index contributed by atoms with van der Waals surface area (Å²) in [6, 6.07) is 12.5. The van der Waals surface area contributed by atoms with Crippen LogP contribution in [0.4, 0.5) is 8.78 Å². The normalized spacial score (nSPS) is 16.3. The smallest absolute Gasteiger partial charge is 0.123 e. The lowest BCUT2D eigenvalue weighted by molar-refractivity contribution is 0.350. The molecule has 37 heavy (non-hydrogen) atoms. The second-order valence-electron chi connectivity index (χ2n) is 9.99. The van der Waals surface area contributed by atoms with Crippen molar-refractivity contribution in [2.45, 2.75) is 79.6 Å². The zero-order chi connectivity index (χ0) is 27.8. The molecule has 0 aliphatic heterocycles. The van der Waals surface area contributed by atoms with Crippen molar-refractivity contribution >= 4 is 6.72 Å². The van der Waals surface area contributed by atoms with Crippen LogP contribution in [-0.4, -0.2) is 13.3 Å². The minimum Gasteiger partial charge on any atom is -0.301 e. The number of hydrogen-bond donors (Lipinski definition) is 0. The summed E-state index contributed by atoms with van der Waals surface area (Å²) in [5.41, 5.74) is 4.66. The van der Waals surface area contributed by atoms with Crippen molar-refractivity contribution in [3.8, 4) is 6.07 Å². The molecule has 0 spiro atoms. The number of halogens is 2. The van der Waals surface area contributed by atoms with Gasteiger partial charge in [0.05, 0.1) is 6.07 Å². The van der Waals surface area contributed by atoms with E-state index in [-0.39, 0.29) is 17.6 Å². The van der Waals surface area contributed by atoms with E-state index >= 15 is 0 Å². The first-order valence-corrected chi connectivity index (χ1v) is 13.7. The van der Waals surface area contributed by atoms with Gasteiger partial charge < -0.3 is 4.99 Å². The molecule has 2 nitrogen and oxygen atoms in total. The summed E-state index contributed by atoms with van der Waals surface area (Å²) >= 11 is 0. The number of nitriles is 1. The maximum atomic E-state index is 13.2. The summed E-state index contributed by atoms with van der Waals surface area (Å²) in [6.45, 7) is 18.5. The van der Waals surface area contributed by atoms with Crippen LogP contribution in [0.2, 0.25) is 0 Å². The predicted octanol–water partition coefficient (Wildman–Crippen LogP) is 9.10. The highest BCUT2D eigenvalue weighted by atomic mass is 19.1. The van der Waals surface area contributed by atoms with Crippen LogP contribution >= 0.6 is 0 Å². The number of rotatable bonds is 9. The number of hydrogen-bond acceptors (Lipinski definition) is 2. The van der Waals surface area contributed by atoms with Gasteiger partial charge >= 0.3 is 0 Å². The Morgan fingerprint density at radius 1 is 1.08 bits per heavy atom. The van der Waals surface area contributed by atoms with E-state index < -0.39 is 0 Å². The Hall–Kier alpha value is -2.80. The van der Waals surface area contributed by atoms with Gasteiger partial charge in [0.15, 0.2) is 0 Å². The van der Waals surface area contributed by atoms with E-state index in [1.54, 1.807) is 12.1 Å². The molecule has 4 heteroatoms. The standard InChI is InChI=1S/C16H23F.C14H16FN.C3H7N/c1-5-12(3)14(6-2)8-9-15-11-16(17)10-7-13(15)4;1-2-10(9-16)11-3-4-13-8-14(15)6-5-12(13)7-11;1-3-4-2/h6-7,10-12,14H,2,5,8-9H2,1,3-4H3;5-6,8,10-11H,2-4,7H2,1H3;2-3H2,1H3. The molecule has 3 rings (SSSR count). The van der Waals surface area contributed by atoms with Crippen molar-refractivity contribution in [2.24, 2.45) is 28.7 Å². The molecule has 0 saturated heterocycles. The fourth-order valence-electron chi connectivity index (χ4n) is 4.79. The third kappa shape index (κ3) is 11.0. The molecule has 1 aliphatic carbocycles. The molecule has 4 atom stereocenters. The van der Waals surface area contributed by atoms with Gasteiger partial charge in [-0.15, -0.1) is 6.58 Å². The third-order valence-electron chi connectivity index (χ3n) is 7.57.